The zero-order valence-electron chi connectivity index (χ0n) is 20.0. The molecule has 1 saturated heterocycles. The minimum Gasteiger partial charge on any atom is -0.504 e. The lowest BCUT2D eigenvalue weighted by Crippen LogP contribution is -2.70. The minimum atomic E-state index is -0.356. The van der Waals surface area contributed by atoms with Crippen molar-refractivity contribution in [3.63, 3.8) is 0 Å². The smallest absolute Gasteiger partial charge is 0.188 e. The number of methoxy groups -OCH3 is 2. The summed E-state index contributed by atoms with van der Waals surface area (Å²) in [6.07, 6.45) is 1.16. The first kappa shape index (κ1) is 21.4. The summed E-state index contributed by atoms with van der Waals surface area (Å²) in [6, 6.07) is 3.81. The van der Waals surface area contributed by atoms with Crippen LogP contribution in [0.4, 0.5) is 0 Å². The first-order chi connectivity index (χ1) is 16.3. The number of phenolic OH excluding ortho intramolecular Hbond substituents is 1. The Labute approximate surface area is 198 Å². The van der Waals surface area contributed by atoms with Gasteiger partial charge in [0.2, 0.25) is 0 Å². The third kappa shape index (κ3) is 2.44. The Balaban J connectivity index is 1.55. The third-order valence-corrected chi connectivity index (χ3v) is 8.50. The van der Waals surface area contributed by atoms with Crippen molar-refractivity contribution in [1.82, 2.24) is 9.80 Å². The molecule has 5 aliphatic rings. The van der Waals surface area contributed by atoms with Gasteiger partial charge in [-0.1, -0.05) is 6.07 Å². The molecule has 5 atom stereocenters. The zero-order valence-corrected chi connectivity index (χ0v) is 20.0. The lowest BCUT2D eigenvalue weighted by molar-refractivity contribution is -0.114. The molecule has 1 unspecified atom stereocenters. The highest BCUT2D eigenvalue weighted by molar-refractivity contribution is 6.27. The average molecular weight is 461 g/mol. The number of aliphatic imine (C=N–C) groups is 1. The number of fused-ring (bicyclic) bond motifs is 7. The number of aryl methyl sites for hydroxylation is 1. The number of ether oxygens (including phenoxy) is 2. The van der Waals surface area contributed by atoms with Gasteiger partial charge >= 0.3 is 0 Å². The molecule has 0 radical (unpaired) electrons. The molecule has 1 aromatic carbocycles. The number of hydrogen-bond donors (Lipinski definition) is 1. The molecular weight excluding hydrogens is 432 g/mol. The van der Waals surface area contributed by atoms with Gasteiger partial charge in [0.05, 0.1) is 38.9 Å². The predicted molar refractivity (Wildman–Crippen MR) is 125 cm³/mol. The molecule has 4 aliphatic heterocycles. The first-order valence-electron chi connectivity index (χ1n) is 11.7. The van der Waals surface area contributed by atoms with Crippen LogP contribution in [0.5, 0.6) is 11.5 Å². The summed E-state index contributed by atoms with van der Waals surface area (Å²) in [6.45, 7) is 4.22. The maximum absolute atomic E-state index is 13.5. The molecule has 0 aromatic heterocycles. The van der Waals surface area contributed by atoms with E-state index < -0.39 is 0 Å². The summed E-state index contributed by atoms with van der Waals surface area (Å²) in [7, 11) is 5.18. The lowest BCUT2D eigenvalue weighted by atomic mass is 9.70. The average Bonchev–Trinajstić information content (AvgIpc) is 3.24. The number of allylic oxidation sites excluding steroid dienone is 2. The SMILES string of the molecule is COC1=C(C)C(=O)C2=C3C1=NCC3N1[C@@H](C#N)[C@@H]3Cc4cc(C)c(OC)c(O)c4[C@H]([C@@H]1C2)N3C. The van der Waals surface area contributed by atoms with E-state index >= 15 is 0 Å². The molecule has 1 fully saturated rings. The maximum atomic E-state index is 13.5. The van der Waals surface area contributed by atoms with Gasteiger partial charge in [-0.05, 0) is 44.9 Å². The number of phenols is 1. The number of rotatable bonds is 2. The van der Waals surface area contributed by atoms with Crippen LogP contribution in [0.1, 0.15) is 36.1 Å². The van der Waals surface area contributed by atoms with E-state index in [0.717, 1.165) is 33.5 Å². The van der Waals surface area contributed by atoms with Crippen LogP contribution < -0.4 is 4.74 Å². The van der Waals surface area contributed by atoms with Crippen molar-refractivity contribution < 1.29 is 19.4 Å². The first-order valence-corrected chi connectivity index (χ1v) is 11.7. The van der Waals surface area contributed by atoms with Crippen molar-refractivity contribution in [3.8, 4) is 17.6 Å². The number of nitrogens with zero attached hydrogens (tertiary/aromatic N) is 4. The van der Waals surface area contributed by atoms with Gasteiger partial charge < -0.3 is 14.6 Å². The van der Waals surface area contributed by atoms with E-state index in [1.807, 2.05) is 14.0 Å². The topological polar surface area (TPSA) is 98.4 Å². The molecule has 0 saturated carbocycles. The van der Waals surface area contributed by atoms with E-state index in [4.69, 9.17) is 14.5 Å². The highest BCUT2D eigenvalue weighted by Gasteiger charge is 2.58. The van der Waals surface area contributed by atoms with Gasteiger partial charge in [0.25, 0.3) is 0 Å². The molecule has 6 rings (SSSR count). The van der Waals surface area contributed by atoms with E-state index in [2.05, 4.69) is 21.9 Å². The Morgan fingerprint density at radius 3 is 2.65 bits per heavy atom. The summed E-state index contributed by atoms with van der Waals surface area (Å²) >= 11 is 0. The Morgan fingerprint density at radius 2 is 1.97 bits per heavy atom. The van der Waals surface area contributed by atoms with Crippen LogP contribution in [0.3, 0.4) is 0 Å². The molecule has 8 nitrogen and oxygen atoms in total. The fourth-order valence-corrected chi connectivity index (χ4v) is 7.15. The molecule has 0 amide bonds. The summed E-state index contributed by atoms with van der Waals surface area (Å²) in [5.41, 5.74) is 5.83. The molecule has 2 bridgehead atoms. The summed E-state index contributed by atoms with van der Waals surface area (Å²) in [4.78, 5) is 22.8. The van der Waals surface area contributed by atoms with Gasteiger partial charge in [0.1, 0.15) is 11.8 Å². The number of aromatic hydroxyl groups is 1. The Bertz CT molecular complexity index is 1290. The fraction of sp³-hybridized carbons (Fsp3) is 0.500. The van der Waals surface area contributed by atoms with Gasteiger partial charge in [-0.15, -0.1) is 0 Å². The fourth-order valence-electron chi connectivity index (χ4n) is 7.15. The molecule has 8 heteroatoms. The van der Waals surface area contributed by atoms with Gasteiger partial charge in [-0.25, -0.2) is 0 Å². The van der Waals surface area contributed by atoms with E-state index in [-0.39, 0.29) is 41.7 Å². The van der Waals surface area contributed by atoms with Crippen molar-refractivity contribution in [3.05, 3.63) is 45.2 Å². The maximum Gasteiger partial charge on any atom is 0.188 e. The molecule has 176 valence electrons. The van der Waals surface area contributed by atoms with Gasteiger partial charge in [-0.2, -0.15) is 5.26 Å². The molecular formula is C26H28N4O4. The summed E-state index contributed by atoms with van der Waals surface area (Å²) in [5.74, 6) is 1.20. The third-order valence-electron chi connectivity index (χ3n) is 8.50. The van der Waals surface area contributed by atoms with Crippen molar-refractivity contribution in [2.45, 2.75) is 56.9 Å². The number of likely N-dealkylation sites (N-methyl/N-ethyl adjacent to an activating group) is 1. The molecule has 0 spiro atoms. The predicted octanol–water partition coefficient (Wildman–Crippen LogP) is 2.21. The highest BCUT2D eigenvalue weighted by atomic mass is 16.5. The van der Waals surface area contributed by atoms with Crippen LogP contribution in [0, 0.1) is 18.3 Å². The number of nitriles is 1. The summed E-state index contributed by atoms with van der Waals surface area (Å²) in [5, 5.41) is 21.7. The number of ketones is 1. The molecule has 4 heterocycles. The van der Waals surface area contributed by atoms with Gasteiger partial charge in [0.15, 0.2) is 23.0 Å². The molecule has 1 aliphatic carbocycles. The monoisotopic (exact) mass is 460 g/mol. The van der Waals surface area contributed by atoms with Crippen LogP contribution in [0.15, 0.2) is 33.5 Å². The van der Waals surface area contributed by atoms with Crippen molar-refractivity contribution in [2.24, 2.45) is 4.99 Å². The Morgan fingerprint density at radius 1 is 1.21 bits per heavy atom. The van der Waals surface area contributed by atoms with E-state index in [1.54, 1.807) is 21.1 Å². The van der Waals surface area contributed by atoms with Crippen LogP contribution >= 0.6 is 0 Å². The number of carbonyl (C=O) groups excluding carboxylic acids is 1. The van der Waals surface area contributed by atoms with E-state index in [1.165, 1.54) is 0 Å². The van der Waals surface area contributed by atoms with Crippen LogP contribution in [-0.4, -0.2) is 78.4 Å². The summed E-state index contributed by atoms with van der Waals surface area (Å²) < 4.78 is 11.1. The van der Waals surface area contributed by atoms with Crippen molar-refractivity contribution >= 4 is 11.5 Å². The standard InChI is InChI=1S/C26H28N4O4/c1-11-6-13-7-15-17(9-27)30-16(22(29(15)3)19(13)24(32)25(11)33-4)8-14-20-18(30)10-28-21(20)26(34-5)12(2)23(14)31/h6,15-18,22,32H,7-8,10H2,1-5H3/t15-,16-,17-,18?,22-/m0/s1. The van der Waals surface area contributed by atoms with Gasteiger partial charge in [0, 0.05) is 34.4 Å². The largest absolute Gasteiger partial charge is 0.504 e. The number of hydrogen-bond acceptors (Lipinski definition) is 8. The zero-order chi connectivity index (χ0) is 24.0. The second-order valence-electron chi connectivity index (χ2n) is 9.91. The second kappa shape index (κ2) is 7.17. The Kier molecular flexibility index (Phi) is 4.51. The number of carbonyl (C=O) groups is 1. The van der Waals surface area contributed by atoms with Crippen LogP contribution in [0.2, 0.25) is 0 Å². The quantitative estimate of drug-likeness (QED) is 0.676. The lowest BCUT2D eigenvalue weighted by Gasteiger charge is -2.59. The highest BCUT2D eigenvalue weighted by Crippen LogP contribution is 2.54. The molecule has 1 aromatic rings. The van der Waals surface area contributed by atoms with Gasteiger partial charge in [-0.3, -0.25) is 19.6 Å². The van der Waals surface area contributed by atoms with Crippen LogP contribution in [0.25, 0.3) is 0 Å². The van der Waals surface area contributed by atoms with Crippen molar-refractivity contribution in [1.29, 1.82) is 5.26 Å². The van der Waals surface area contributed by atoms with E-state index in [0.29, 0.717) is 36.5 Å². The molecule has 34 heavy (non-hydrogen) atoms. The Hall–Kier alpha value is -3.15. The number of piperazine rings is 1. The van der Waals surface area contributed by atoms with E-state index in [9.17, 15) is 15.2 Å². The second-order valence-corrected chi connectivity index (χ2v) is 9.91. The molecule has 1 N–H and O–H groups in total. The minimum absolute atomic E-state index is 0.00243. The number of Topliss-reactive ketones (excluding diaryl/α,β-unsaturated/α-hetero) is 1. The van der Waals surface area contributed by atoms with Crippen molar-refractivity contribution in [2.75, 3.05) is 27.8 Å². The normalized spacial score (nSPS) is 32.1. The number of benzene rings is 1. The van der Waals surface area contributed by atoms with Crippen LogP contribution in [-0.2, 0) is 16.0 Å².